The van der Waals surface area contributed by atoms with Gasteiger partial charge >= 0.3 is 0 Å². The molecule has 1 saturated carbocycles. The molecule has 9 heteroatoms. The van der Waals surface area contributed by atoms with Crippen LogP contribution in [0, 0.1) is 16.0 Å². The van der Waals surface area contributed by atoms with Gasteiger partial charge in [-0.25, -0.2) is 0 Å². The van der Waals surface area contributed by atoms with Gasteiger partial charge in [-0.3, -0.25) is 30.6 Å². The Hall–Kier alpha value is -3.13. The largest absolute Gasteiger partial charge is 0.489 e. The van der Waals surface area contributed by atoms with Crippen LogP contribution in [0.3, 0.4) is 0 Å². The molecule has 2 N–H and O–H groups in total. The highest BCUT2D eigenvalue weighted by Crippen LogP contribution is 2.32. The van der Waals surface area contributed by atoms with Gasteiger partial charge in [0.05, 0.1) is 0 Å². The van der Waals surface area contributed by atoms with Gasteiger partial charge < -0.3 is 4.74 Å². The highest BCUT2D eigenvalue weighted by atomic mass is 35.5. The molecule has 2 unspecified atom stereocenters. The van der Waals surface area contributed by atoms with Crippen LogP contribution in [0.1, 0.15) is 22.3 Å². The van der Waals surface area contributed by atoms with Gasteiger partial charge in [-0.15, -0.1) is 0 Å². The molecule has 0 aromatic heterocycles. The molecule has 0 aliphatic heterocycles. The molecule has 1 fully saturated rings. The summed E-state index contributed by atoms with van der Waals surface area (Å²) in [4.78, 5) is 33.8. The lowest BCUT2D eigenvalue weighted by molar-refractivity contribution is -0.497. The van der Waals surface area contributed by atoms with Crippen LogP contribution in [0.2, 0.25) is 5.02 Å². The van der Waals surface area contributed by atoms with Gasteiger partial charge in [0.25, 0.3) is 5.91 Å². The van der Waals surface area contributed by atoms with Gasteiger partial charge in [0.15, 0.2) is 0 Å². The molecule has 2 aromatic carbocycles. The van der Waals surface area contributed by atoms with Crippen molar-refractivity contribution in [3.8, 4) is 5.75 Å². The number of benzene rings is 2. The highest BCUT2D eigenvalue weighted by Gasteiger charge is 2.53. The maximum Gasteiger partial charge on any atom is 0.269 e. The number of rotatable bonds is 6. The molecule has 27 heavy (non-hydrogen) atoms. The molecule has 3 rings (SSSR count). The smallest absolute Gasteiger partial charge is 0.269 e. The molecule has 140 valence electrons. The molecule has 0 saturated heterocycles. The first-order valence-electron chi connectivity index (χ1n) is 8.15. The van der Waals surface area contributed by atoms with Crippen LogP contribution in [-0.2, 0) is 11.4 Å². The molecule has 8 nitrogen and oxygen atoms in total. The second kappa shape index (κ2) is 8.05. The van der Waals surface area contributed by atoms with E-state index >= 15 is 0 Å². The molecular weight excluding hydrogens is 374 g/mol. The van der Waals surface area contributed by atoms with Gasteiger partial charge in [-0.1, -0.05) is 23.7 Å². The Morgan fingerprint density at radius 2 is 1.78 bits per heavy atom. The molecule has 0 bridgehead atoms. The second-order valence-corrected chi connectivity index (χ2v) is 6.51. The summed E-state index contributed by atoms with van der Waals surface area (Å²) in [5.41, 5.74) is 5.67. The summed E-state index contributed by atoms with van der Waals surface area (Å²) in [6.45, 7) is 0.324. The quantitative estimate of drug-likeness (QED) is 0.582. The summed E-state index contributed by atoms with van der Waals surface area (Å²) >= 11 is 5.81. The third-order valence-corrected chi connectivity index (χ3v) is 4.35. The first kappa shape index (κ1) is 18.7. The van der Waals surface area contributed by atoms with Gasteiger partial charge in [0.2, 0.25) is 11.9 Å². The van der Waals surface area contributed by atoms with Crippen LogP contribution < -0.4 is 15.6 Å². The second-order valence-electron chi connectivity index (χ2n) is 6.08. The number of nitrogens with one attached hydrogen (secondary N) is 2. The van der Waals surface area contributed by atoms with E-state index in [0.717, 1.165) is 5.56 Å². The zero-order valence-corrected chi connectivity index (χ0v) is 14.8. The van der Waals surface area contributed by atoms with E-state index < -0.39 is 28.7 Å². The normalized spacial score (nSPS) is 17.7. The number of carbonyl (C=O) groups excluding carboxylic acids is 2. The number of hydrogen-bond acceptors (Lipinski definition) is 5. The maximum absolute atomic E-state index is 12.0. The van der Waals surface area contributed by atoms with Crippen LogP contribution in [-0.4, -0.2) is 22.8 Å². The Morgan fingerprint density at radius 1 is 1.11 bits per heavy atom. The van der Waals surface area contributed by atoms with E-state index in [9.17, 15) is 19.7 Å². The lowest BCUT2D eigenvalue weighted by Crippen LogP contribution is -2.43. The molecule has 0 heterocycles. The van der Waals surface area contributed by atoms with Crippen molar-refractivity contribution < 1.29 is 19.2 Å². The third kappa shape index (κ3) is 4.95. The van der Waals surface area contributed by atoms with Gasteiger partial charge in [-0.05, 0) is 42.0 Å². The van der Waals surface area contributed by atoms with Gasteiger partial charge in [0.1, 0.15) is 18.3 Å². The summed E-state index contributed by atoms with van der Waals surface area (Å²) in [5, 5.41) is 11.2. The van der Waals surface area contributed by atoms with Crippen molar-refractivity contribution in [2.75, 3.05) is 0 Å². The molecule has 1 aliphatic rings. The fourth-order valence-corrected chi connectivity index (χ4v) is 2.56. The van der Waals surface area contributed by atoms with E-state index in [4.69, 9.17) is 16.3 Å². The van der Waals surface area contributed by atoms with Crippen LogP contribution >= 0.6 is 11.6 Å². The van der Waals surface area contributed by atoms with Crippen LogP contribution in [0.25, 0.3) is 0 Å². The monoisotopic (exact) mass is 389 g/mol. The minimum Gasteiger partial charge on any atom is -0.489 e. The van der Waals surface area contributed by atoms with E-state index in [2.05, 4.69) is 10.9 Å². The SMILES string of the molecule is O=C(NNC(=O)C1CC1[N+](=O)[O-])c1ccc(COc2ccc(Cl)cc2)cc1. The highest BCUT2D eigenvalue weighted by molar-refractivity contribution is 6.30. The average molecular weight is 390 g/mol. The number of halogens is 1. The first-order chi connectivity index (χ1) is 12.9. The zero-order chi connectivity index (χ0) is 19.4. The standard InChI is InChI=1S/C18H16ClN3O5/c19-13-5-7-14(8-6-13)27-10-11-1-3-12(4-2-11)17(23)20-21-18(24)15-9-16(15)22(25)26/h1-8,15-16H,9-10H2,(H,20,23)(H,21,24). The van der Waals surface area contributed by atoms with Crippen molar-refractivity contribution in [1.29, 1.82) is 0 Å². The van der Waals surface area contributed by atoms with E-state index in [1.165, 1.54) is 0 Å². The summed E-state index contributed by atoms with van der Waals surface area (Å²) in [6, 6.07) is 12.8. The topological polar surface area (TPSA) is 111 Å². The number of carbonyl (C=O) groups is 2. The predicted molar refractivity (Wildman–Crippen MR) is 96.7 cm³/mol. The van der Waals surface area contributed by atoms with Crippen molar-refractivity contribution >= 4 is 23.4 Å². The van der Waals surface area contributed by atoms with Gasteiger partial charge in [0, 0.05) is 21.9 Å². The number of nitrogens with zero attached hydrogens (tertiary/aromatic N) is 1. The number of hydrazine groups is 1. The number of amides is 2. The van der Waals surface area contributed by atoms with E-state index in [-0.39, 0.29) is 6.42 Å². The van der Waals surface area contributed by atoms with Crippen molar-refractivity contribution in [3.63, 3.8) is 0 Å². The molecular formula is C18H16ClN3O5. The van der Waals surface area contributed by atoms with Crippen molar-refractivity contribution in [3.05, 3.63) is 74.8 Å². The minimum atomic E-state index is -0.859. The lowest BCUT2D eigenvalue weighted by Gasteiger charge is -2.08. The van der Waals surface area contributed by atoms with Crippen LogP contribution in [0.5, 0.6) is 5.75 Å². The summed E-state index contributed by atoms with van der Waals surface area (Å²) in [5.74, 6) is -1.07. The Kier molecular flexibility index (Phi) is 5.56. The van der Waals surface area contributed by atoms with Crippen LogP contribution in [0.15, 0.2) is 48.5 Å². The minimum absolute atomic E-state index is 0.191. The summed E-state index contributed by atoms with van der Waals surface area (Å²) < 4.78 is 5.62. The van der Waals surface area contributed by atoms with Crippen LogP contribution in [0.4, 0.5) is 0 Å². The molecule has 0 spiro atoms. The van der Waals surface area contributed by atoms with Crippen molar-refractivity contribution in [2.24, 2.45) is 5.92 Å². The summed E-state index contributed by atoms with van der Waals surface area (Å²) in [7, 11) is 0. The molecule has 0 radical (unpaired) electrons. The Bertz CT molecular complexity index is 854. The molecule has 2 amide bonds. The number of nitro groups is 1. The van der Waals surface area contributed by atoms with Gasteiger partial charge in [-0.2, -0.15) is 0 Å². The Morgan fingerprint density at radius 3 is 2.37 bits per heavy atom. The fraction of sp³-hybridized carbons (Fsp3) is 0.222. The number of ether oxygens (including phenoxy) is 1. The fourth-order valence-electron chi connectivity index (χ4n) is 2.43. The lowest BCUT2D eigenvalue weighted by atomic mass is 10.1. The Labute approximate surface area is 159 Å². The third-order valence-electron chi connectivity index (χ3n) is 4.10. The van der Waals surface area contributed by atoms with Crippen molar-refractivity contribution in [2.45, 2.75) is 19.1 Å². The molecule has 1 aliphatic carbocycles. The summed E-state index contributed by atoms with van der Waals surface area (Å²) in [6.07, 6.45) is 0.191. The first-order valence-corrected chi connectivity index (χ1v) is 8.53. The van der Waals surface area contributed by atoms with E-state index in [1.54, 1.807) is 48.5 Å². The maximum atomic E-state index is 12.0. The molecule has 2 aromatic rings. The van der Waals surface area contributed by atoms with E-state index in [0.29, 0.717) is 22.9 Å². The zero-order valence-electron chi connectivity index (χ0n) is 14.1. The van der Waals surface area contributed by atoms with E-state index in [1.807, 2.05) is 0 Å². The predicted octanol–water partition coefficient (Wildman–Crippen LogP) is 2.35. The molecule has 2 atom stereocenters. The number of hydrogen-bond donors (Lipinski definition) is 2. The Balaban J connectivity index is 1.46. The van der Waals surface area contributed by atoms with Crippen molar-refractivity contribution in [1.82, 2.24) is 10.9 Å². The average Bonchev–Trinajstić information content (AvgIpc) is 3.47.